The molecule has 0 atom stereocenters. The van der Waals surface area contributed by atoms with Gasteiger partial charge in [-0.05, 0) is 42.2 Å². The molecule has 0 unspecified atom stereocenters. The first-order chi connectivity index (χ1) is 17.0. The first-order valence-electron chi connectivity index (χ1n) is 11.0. The van der Waals surface area contributed by atoms with E-state index < -0.39 is 7.92 Å². The van der Waals surface area contributed by atoms with Crippen LogP contribution in [-0.2, 0) is 15.1 Å². The number of hydrogen-bond acceptors (Lipinski definition) is 0. The van der Waals surface area contributed by atoms with Crippen molar-refractivity contribution in [3.63, 3.8) is 0 Å². The number of alkyl halides is 2. The minimum absolute atomic E-state index is 0.194. The summed E-state index contributed by atoms with van der Waals surface area (Å²) in [6, 6.07) is 41.0. The predicted octanol–water partition coefficient (Wildman–Crippen LogP) is 9.36. The van der Waals surface area contributed by atoms with Gasteiger partial charge in [-0.3, -0.25) is 0 Å². The monoisotopic (exact) mass is 652 g/mol. The molecule has 0 aliphatic carbocycles. The Morgan fingerprint density at radius 3 is 1.14 bits per heavy atom. The van der Waals surface area contributed by atoms with Gasteiger partial charge in [-0.25, -0.2) is 0 Å². The molecule has 0 heterocycles. The number of halogens is 4. The topological polar surface area (TPSA) is 0 Å². The molecule has 0 aliphatic rings. The van der Waals surface area contributed by atoms with Crippen LogP contribution in [0, 0.1) is 6.92 Å². The molecular formula is C29H31Cl4PRu. The number of rotatable bonds is 4. The van der Waals surface area contributed by atoms with Crippen molar-refractivity contribution in [1.29, 1.82) is 0 Å². The van der Waals surface area contributed by atoms with Gasteiger partial charge in [0.15, 0.2) is 0 Å². The zero-order chi connectivity index (χ0) is 25.9. The van der Waals surface area contributed by atoms with Gasteiger partial charge in [-0.1, -0.05) is 135 Å². The van der Waals surface area contributed by atoms with Gasteiger partial charge in [-0.15, -0.1) is 23.2 Å². The van der Waals surface area contributed by atoms with E-state index in [2.05, 4.69) is 136 Å². The second kappa shape index (κ2) is 20.2. The summed E-state index contributed by atoms with van der Waals surface area (Å²) >= 11 is 9.18. The van der Waals surface area contributed by atoms with E-state index in [4.69, 9.17) is 42.6 Å². The third kappa shape index (κ3) is 13.3. The van der Waals surface area contributed by atoms with Crippen molar-refractivity contribution in [1.82, 2.24) is 0 Å². The van der Waals surface area contributed by atoms with E-state index in [1.54, 1.807) is 0 Å². The summed E-state index contributed by atoms with van der Waals surface area (Å²) in [6.45, 7) is 6.54. The first kappa shape index (κ1) is 32.1. The molecule has 35 heavy (non-hydrogen) atoms. The molecule has 0 amide bonds. The Balaban J connectivity index is 0.000000322. The molecule has 6 heteroatoms. The van der Waals surface area contributed by atoms with Crippen LogP contribution in [0.2, 0.25) is 0 Å². The molecule has 0 aromatic heterocycles. The SMILES string of the molecule is Cc1ccc(C(C)C)cc1.ClCCl.[Cl][Ru][Cl].c1ccc(P(c2ccccc2)c2ccccc2)cc1. The van der Waals surface area contributed by atoms with Gasteiger partial charge in [-0.2, -0.15) is 0 Å². The van der Waals surface area contributed by atoms with Crippen LogP contribution in [0.15, 0.2) is 115 Å². The fraction of sp³-hybridized carbons (Fsp3) is 0.172. The number of hydrogen-bond donors (Lipinski definition) is 0. The van der Waals surface area contributed by atoms with Crippen LogP contribution >= 0.6 is 50.5 Å². The summed E-state index contributed by atoms with van der Waals surface area (Å²) in [4.78, 5) is 0. The largest absolute Gasteiger partial charge is 0.0622 e. The molecule has 0 aliphatic heterocycles. The maximum Gasteiger partial charge on any atom is -0.0134 e. The molecule has 188 valence electrons. The van der Waals surface area contributed by atoms with E-state index in [9.17, 15) is 0 Å². The minimum atomic E-state index is -0.446. The molecule has 0 spiro atoms. The van der Waals surface area contributed by atoms with Crippen molar-refractivity contribution in [2.45, 2.75) is 26.7 Å². The number of aryl methyl sites for hydroxylation is 1. The molecule has 0 N–H and O–H groups in total. The Morgan fingerprint density at radius 1 is 0.600 bits per heavy atom. The van der Waals surface area contributed by atoms with E-state index in [0.29, 0.717) is 5.92 Å². The van der Waals surface area contributed by atoms with Crippen molar-refractivity contribution in [3.05, 3.63) is 126 Å². The van der Waals surface area contributed by atoms with Gasteiger partial charge < -0.3 is 0 Å². The standard InChI is InChI=1S/C18H15P.C10H14.CH2Cl2.2ClH.Ru/c1-4-10-16(11-5-1)19(17-12-6-2-7-13-17)18-14-8-3-9-15-18;1-8(2)10-6-4-9(3)5-7-10;2-1-3;;;/h1-15H;4-8H,1-3H3;1H2;2*1H;/q;;;;;+2/p-2. The van der Waals surface area contributed by atoms with E-state index in [1.807, 2.05) is 0 Å². The third-order valence-corrected chi connectivity index (χ3v) is 7.23. The first-order valence-corrected chi connectivity index (χ1v) is 17.9. The van der Waals surface area contributed by atoms with E-state index in [0.717, 1.165) is 0 Å². The van der Waals surface area contributed by atoms with Crippen LogP contribution < -0.4 is 15.9 Å². The summed E-state index contributed by atoms with van der Waals surface area (Å²) in [7, 11) is 9.26. The molecule has 4 rings (SSSR count). The van der Waals surface area contributed by atoms with Crippen LogP contribution in [0.5, 0.6) is 0 Å². The number of benzene rings is 4. The zero-order valence-corrected chi connectivity index (χ0v) is 25.7. The second-order valence-electron chi connectivity index (χ2n) is 7.56. The molecular weight excluding hydrogens is 622 g/mol. The molecule has 4 aromatic carbocycles. The Labute approximate surface area is 238 Å². The summed E-state index contributed by atoms with van der Waals surface area (Å²) in [5, 5.41) is 4.39. The second-order valence-corrected chi connectivity index (χ2v) is 13.2. The van der Waals surface area contributed by atoms with E-state index >= 15 is 0 Å². The van der Waals surface area contributed by atoms with Crippen LogP contribution in [0.3, 0.4) is 0 Å². The van der Waals surface area contributed by atoms with Crippen LogP contribution in [0.1, 0.15) is 30.9 Å². The quantitative estimate of drug-likeness (QED) is 0.117. The van der Waals surface area contributed by atoms with Gasteiger partial charge in [0.05, 0.1) is 5.34 Å². The van der Waals surface area contributed by atoms with Gasteiger partial charge in [0.1, 0.15) is 0 Å². The predicted molar refractivity (Wildman–Crippen MR) is 159 cm³/mol. The Bertz CT molecular complexity index is 919. The van der Waals surface area contributed by atoms with Gasteiger partial charge in [0.25, 0.3) is 0 Å². The molecule has 4 aromatic rings. The molecule has 0 saturated carbocycles. The Kier molecular flexibility index (Phi) is 18.5. The van der Waals surface area contributed by atoms with Crippen molar-refractivity contribution in [3.8, 4) is 0 Å². The van der Waals surface area contributed by atoms with Gasteiger partial charge in [0, 0.05) is 0 Å². The van der Waals surface area contributed by atoms with E-state index in [1.165, 1.54) is 27.0 Å². The molecule has 0 fully saturated rings. The summed E-state index contributed by atoms with van der Waals surface area (Å²) in [5.74, 6) is 0.653. The maximum absolute atomic E-state index is 4.85. The summed E-state index contributed by atoms with van der Waals surface area (Å²) in [5.41, 5.74) is 2.76. The van der Waals surface area contributed by atoms with Crippen LogP contribution in [-0.4, -0.2) is 5.34 Å². The van der Waals surface area contributed by atoms with Crippen molar-refractivity contribution in [2.75, 3.05) is 5.34 Å². The Hall–Kier alpha value is -0.907. The smallest absolute Gasteiger partial charge is 0.0134 e. The fourth-order valence-electron chi connectivity index (χ4n) is 3.13. The molecule has 0 nitrogen and oxygen atoms in total. The van der Waals surface area contributed by atoms with E-state index in [-0.39, 0.29) is 20.5 Å². The molecule has 0 bridgehead atoms. The normalized spacial score (nSPS) is 9.86. The van der Waals surface area contributed by atoms with Crippen molar-refractivity contribution >= 4 is 66.4 Å². The minimum Gasteiger partial charge on any atom is -0.0622 e. The van der Waals surface area contributed by atoms with Gasteiger partial charge in [0.2, 0.25) is 0 Å². The third-order valence-electron chi connectivity index (χ3n) is 4.79. The van der Waals surface area contributed by atoms with Crippen molar-refractivity contribution in [2.24, 2.45) is 0 Å². The average Bonchev–Trinajstić information content (AvgIpc) is 2.88. The Morgan fingerprint density at radius 2 is 0.886 bits per heavy atom. The molecule has 0 radical (unpaired) electrons. The maximum atomic E-state index is 4.85. The van der Waals surface area contributed by atoms with Gasteiger partial charge >= 0.3 is 34.5 Å². The molecule has 0 saturated heterocycles. The zero-order valence-electron chi connectivity index (χ0n) is 20.1. The van der Waals surface area contributed by atoms with Crippen LogP contribution in [0.25, 0.3) is 0 Å². The summed E-state index contributed by atoms with van der Waals surface area (Å²) in [6.07, 6.45) is 0. The van der Waals surface area contributed by atoms with Crippen molar-refractivity contribution < 1.29 is 15.1 Å². The average molecular weight is 653 g/mol. The van der Waals surface area contributed by atoms with Crippen LogP contribution in [0.4, 0.5) is 0 Å². The fourth-order valence-corrected chi connectivity index (χ4v) is 5.44. The summed E-state index contributed by atoms with van der Waals surface area (Å²) < 4.78 is 0.